The zero-order valence-corrected chi connectivity index (χ0v) is 16.9. The van der Waals surface area contributed by atoms with E-state index in [0.29, 0.717) is 32.3 Å². The fourth-order valence-corrected chi connectivity index (χ4v) is 3.53. The highest BCUT2D eigenvalue weighted by atomic mass is 16.5. The van der Waals surface area contributed by atoms with Crippen LogP contribution in [0.15, 0.2) is 47.5 Å². The monoisotopic (exact) mass is 385 g/mol. The van der Waals surface area contributed by atoms with Gasteiger partial charge in [-0.05, 0) is 17.9 Å². The Labute approximate surface area is 167 Å². The van der Waals surface area contributed by atoms with E-state index in [1.807, 2.05) is 31.3 Å². The molecule has 1 unspecified atom stereocenters. The minimum Gasteiger partial charge on any atom is -0.491 e. The van der Waals surface area contributed by atoms with Crippen LogP contribution in [0.3, 0.4) is 0 Å². The average Bonchev–Trinajstić information content (AvgIpc) is 3.20. The Kier molecular flexibility index (Phi) is 7.94. The van der Waals surface area contributed by atoms with Crippen molar-refractivity contribution in [3.63, 3.8) is 0 Å². The number of hydrogen-bond acceptors (Lipinski definition) is 4. The van der Waals surface area contributed by atoms with Gasteiger partial charge in [-0.3, -0.25) is 4.99 Å². The van der Waals surface area contributed by atoms with E-state index < -0.39 is 0 Å². The van der Waals surface area contributed by atoms with Gasteiger partial charge in [0.25, 0.3) is 0 Å². The number of guanidine groups is 1. The second-order valence-electron chi connectivity index (χ2n) is 6.97. The summed E-state index contributed by atoms with van der Waals surface area (Å²) in [5.74, 6) is 2.40. The summed E-state index contributed by atoms with van der Waals surface area (Å²) >= 11 is 0. The minimum atomic E-state index is 0.544. The molecule has 2 aromatic rings. The van der Waals surface area contributed by atoms with Crippen LogP contribution in [0.25, 0.3) is 10.8 Å². The summed E-state index contributed by atoms with van der Waals surface area (Å²) in [6, 6.07) is 14.4. The maximum atomic E-state index is 6.01. The first-order valence-electron chi connectivity index (χ1n) is 9.94. The molecule has 0 aliphatic carbocycles. The highest BCUT2D eigenvalue weighted by molar-refractivity contribution is 5.88. The summed E-state index contributed by atoms with van der Waals surface area (Å²) in [7, 11) is 3.52. The van der Waals surface area contributed by atoms with E-state index in [9.17, 15) is 0 Å². The molecule has 1 saturated heterocycles. The largest absolute Gasteiger partial charge is 0.491 e. The molecule has 0 bridgehead atoms. The summed E-state index contributed by atoms with van der Waals surface area (Å²) in [6.07, 6.45) is 1.13. The van der Waals surface area contributed by atoms with Gasteiger partial charge in [-0.1, -0.05) is 36.4 Å². The molecule has 0 aromatic heterocycles. The molecule has 0 saturated carbocycles. The van der Waals surface area contributed by atoms with E-state index in [1.54, 1.807) is 7.11 Å². The van der Waals surface area contributed by atoms with Crippen LogP contribution in [0.2, 0.25) is 0 Å². The van der Waals surface area contributed by atoms with E-state index in [1.165, 1.54) is 5.39 Å². The number of rotatable bonds is 9. The van der Waals surface area contributed by atoms with Crippen LogP contribution in [-0.4, -0.2) is 71.1 Å². The van der Waals surface area contributed by atoms with E-state index in [-0.39, 0.29) is 0 Å². The fourth-order valence-electron chi connectivity index (χ4n) is 3.53. The third-order valence-electron chi connectivity index (χ3n) is 4.97. The van der Waals surface area contributed by atoms with Gasteiger partial charge in [0, 0.05) is 38.6 Å². The molecule has 1 aliphatic heterocycles. The Morgan fingerprint density at radius 3 is 2.86 bits per heavy atom. The van der Waals surface area contributed by atoms with Crippen molar-refractivity contribution in [3.05, 3.63) is 42.5 Å². The van der Waals surface area contributed by atoms with Crippen molar-refractivity contribution in [1.82, 2.24) is 10.2 Å². The van der Waals surface area contributed by atoms with Crippen molar-refractivity contribution >= 4 is 16.7 Å². The Bertz CT molecular complexity index is 760. The quantitative estimate of drug-likeness (QED) is 0.409. The molecule has 3 rings (SSSR count). The number of benzene rings is 2. The molecule has 1 N–H and O–H groups in total. The van der Waals surface area contributed by atoms with Gasteiger partial charge in [0.05, 0.1) is 26.4 Å². The zero-order valence-electron chi connectivity index (χ0n) is 16.9. The smallest absolute Gasteiger partial charge is 0.193 e. The summed E-state index contributed by atoms with van der Waals surface area (Å²) in [6.45, 7) is 5.35. The van der Waals surface area contributed by atoms with Gasteiger partial charge in [0.1, 0.15) is 12.4 Å². The van der Waals surface area contributed by atoms with Gasteiger partial charge in [0.15, 0.2) is 5.96 Å². The Balaban J connectivity index is 1.41. The molecule has 6 nitrogen and oxygen atoms in total. The van der Waals surface area contributed by atoms with Crippen LogP contribution in [0.1, 0.15) is 6.42 Å². The first kappa shape index (κ1) is 20.4. The van der Waals surface area contributed by atoms with Crippen molar-refractivity contribution in [2.45, 2.75) is 6.42 Å². The van der Waals surface area contributed by atoms with Crippen LogP contribution in [0, 0.1) is 5.92 Å². The number of nitrogens with zero attached hydrogens (tertiary/aromatic N) is 2. The first-order chi connectivity index (χ1) is 13.8. The molecule has 1 heterocycles. The lowest BCUT2D eigenvalue weighted by Crippen LogP contribution is -2.41. The number of nitrogens with one attached hydrogen (secondary N) is 1. The maximum absolute atomic E-state index is 6.01. The lowest BCUT2D eigenvalue weighted by Gasteiger charge is -2.22. The zero-order chi connectivity index (χ0) is 19.6. The summed E-state index contributed by atoms with van der Waals surface area (Å²) < 4.78 is 16.7. The molecule has 6 heteroatoms. The standard InChI is InChI=1S/C22H31N3O3/c1-23-22(25-12-10-18(16-25)17-27-15-14-26-2)24-11-13-28-21-9-5-7-19-6-3-4-8-20(19)21/h3-9,18H,10-17H2,1-2H3,(H,23,24). The van der Waals surface area contributed by atoms with Crippen LogP contribution in [0.5, 0.6) is 5.75 Å². The normalized spacial score (nSPS) is 17.3. The van der Waals surface area contributed by atoms with Crippen molar-refractivity contribution in [2.24, 2.45) is 10.9 Å². The van der Waals surface area contributed by atoms with Gasteiger partial charge >= 0.3 is 0 Å². The molecule has 1 fully saturated rings. The molecule has 0 amide bonds. The van der Waals surface area contributed by atoms with Gasteiger partial charge in [-0.2, -0.15) is 0 Å². The Morgan fingerprint density at radius 2 is 2.00 bits per heavy atom. The number of ether oxygens (including phenoxy) is 3. The van der Waals surface area contributed by atoms with E-state index in [0.717, 1.165) is 43.2 Å². The van der Waals surface area contributed by atoms with Crippen molar-refractivity contribution < 1.29 is 14.2 Å². The molecule has 0 radical (unpaired) electrons. The minimum absolute atomic E-state index is 0.544. The maximum Gasteiger partial charge on any atom is 0.193 e. The second kappa shape index (κ2) is 10.9. The van der Waals surface area contributed by atoms with Crippen molar-refractivity contribution in [2.75, 3.05) is 60.2 Å². The molecule has 1 aliphatic rings. The van der Waals surface area contributed by atoms with Crippen LogP contribution in [0.4, 0.5) is 0 Å². The van der Waals surface area contributed by atoms with Gasteiger partial charge < -0.3 is 24.4 Å². The molecular formula is C22H31N3O3. The molecule has 152 valence electrons. The molecule has 0 spiro atoms. The number of methoxy groups -OCH3 is 1. The first-order valence-corrected chi connectivity index (χ1v) is 9.94. The fraction of sp³-hybridized carbons (Fsp3) is 0.500. The Morgan fingerprint density at radius 1 is 1.14 bits per heavy atom. The third kappa shape index (κ3) is 5.59. The van der Waals surface area contributed by atoms with Crippen molar-refractivity contribution in [3.8, 4) is 5.75 Å². The molecule has 28 heavy (non-hydrogen) atoms. The van der Waals surface area contributed by atoms with Crippen LogP contribution < -0.4 is 10.1 Å². The summed E-state index contributed by atoms with van der Waals surface area (Å²) in [5.41, 5.74) is 0. The van der Waals surface area contributed by atoms with Crippen LogP contribution in [-0.2, 0) is 9.47 Å². The van der Waals surface area contributed by atoms with Gasteiger partial charge in [-0.15, -0.1) is 0 Å². The number of fused-ring (bicyclic) bond motifs is 1. The van der Waals surface area contributed by atoms with E-state index in [2.05, 4.69) is 33.4 Å². The Hall–Kier alpha value is -2.31. The number of likely N-dealkylation sites (tertiary alicyclic amines) is 1. The van der Waals surface area contributed by atoms with Crippen LogP contribution >= 0.6 is 0 Å². The van der Waals surface area contributed by atoms with Crippen molar-refractivity contribution in [1.29, 1.82) is 0 Å². The highest BCUT2D eigenvalue weighted by Gasteiger charge is 2.24. The summed E-state index contributed by atoms with van der Waals surface area (Å²) in [5, 5.41) is 5.75. The lowest BCUT2D eigenvalue weighted by molar-refractivity contribution is 0.0536. The predicted octanol–water partition coefficient (Wildman–Crippen LogP) is 2.78. The summed E-state index contributed by atoms with van der Waals surface area (Å²) in [4.78, 5) is 6.72. The topological polar surface area (TPSA) is 55.3 Å². The van der Waals surface area contributed by atoms with Gasteiger partial charge in [-0.25, -0.2) is 0 Å². The number of hydrogen-bond donors (Lipinski definition) is 1. The number of aliphatic imine (C=N–C) groups is 1. The average molecular weight is 386 g/mol. The second-order valence-corrected chi connectivity index (χ2v) is 6.97. The predicted molar refractivity (Wildman–Crippen MR) is 113 cm³/mol. The van der Waals surface area contributed by atoms with E-state index >= 15 is 0 Å². The SMILES string of the molecule is CN=C(NCCOc1cccc2ccccc12)N1CCC(COCCOC)C1. The third-order valence-corrected chi connectivity index (χ3v) is 4.97. The van der Waals surface area contributed by atoms with E-state index in [4.69, 9.17) is 14.2 Å². The highest BCUT2D eigenvalue weighted by Crippen LogP contribution is 2.24. The lowest BCUT2D eigenvalue weighted by atomic mass is 10.1. The molecule has 2 aromatic carbocycles. The molecule has 1 atom stereocenters. The molecular weight excluding hydrogens is 354 g/mol. The van der Waals surface area contributed by atoms with Gasteiger partial charge in [0.2, 0.25) is 0 Å².